The van der Waals surface area contributed by atoms with Crippen molar-refractivity contribution in [2.45, 2.75) is 26.2 Å². The molecule has 0 aliphatic heterocycles. The first kappa shape index (κ1) is 20.5. The van der Waals surface area contributed by atoms with Crippen LogP contribution in [-0.4, -0.2) is 18.5 Å². The average molecular weight is 385 g/mol. The SMILES string of the molecule is CC[C@@H](C)[C@@H](C(=O)OCC(=O)Nc1cc(Cl)ccc1C#N)c1ccccc1. The molecule has 2 atom stereocenters. The summed E-state index contributed by atoms with van der Waals surface area (Å²) >= 11 is 5.90. The lowest BCUT2D eigenvalue weighted by molar-refractivity contribution is -0.150. The molecule has 0 heterocycles. The van der Waals surface area contributed by atoms with Crippen LogP contribution in [0.3, 0.4) is 0 Å². The zero-order valence-corrected chi connectivity index (χ0v) is 16.0. The van der Waals surface area contributed by atoms with E-state index in [4.69, 9.17) is 21.6 Å². The van der Waals surface area contributed by atoms with Gasteiger partial charge in [-0.3, -0.25) is 9.59 Å². The van der Waals surface area contributed by atoms with Crippen molar-refractivity contribution in [1.29, 1.82) is 5.26 Å². The maximum Gasteiger partial charge on any atom is 0.314 e. The monoisotopic (exact) mass is 384 g/mol. The van der Waals surface area contributed by atoms with Crippen LogP contribution in [0.2, 0.25) is 5.02 Å². The van der Waals surface area contributed by atoms with Gasteiger partial charge >= 0.3 is 5.97 Å². The van der Waals surface area contributed by atoms with Crippen LogP contribution in [0, 0.1) is 17.2 Å². The highest BCUT2D eigenvalue weighted by Gasteiger charge is 2.27. The predicted octanol–water partition coefficient (Wildman–Crippen LogP) is 4.52. The maximum atomic E-state index is 12.6. The van der Waals surface area contributed by atoms with Crippen LogP contribution in [0.15, 0.2) is 48.5 Å². The molecule has 2 aromatic carbocycles. The number of esters is 1. The molecule has 140 valence electrons. The van der Waals surface area contributed by atoms with Crippen LogP contribution in [0.25, 0.3) is 0 Å². The normalized spacial score (nSPS) is 12.5. The number of carbonyl (C=O) groups is 2. The highest BCUT2D eigenvalue weighted by atomic mass is 35.5. The van der Waals surface area contributed by atoms with Crippen LogP contribution >= 0.6 is 11.6 Å². The summed E-state index contributed by atoms with van der Waals surface area (Å²) in [7, 11) is 0. The molecule has 0 spiro atoms. The molecule has 0 bridgehead atoms. The van der Waals surface area contributed by atoms with Gasteiger partial charge in [0.15, 0.2) is 6.61 Å². The van der Waals surface area contributed by atoms with Gasteiger partial charge in [0, 0.05) is 5.02 Å². The second-order valence-electron chi connectivity index (χ2n) is 6.23. The number of hydrogen-bond acceptors (Lipinski definition) is 4. The van der Waals surface area contributed by atoms with Gasteiger partial charge in [-0.15, -0.1) is 0 Å². The van der Waals surface area contributed by atoms with Gasteiger partial charge in [0.25, 0.3) is 5.91 Å². The van der Waals surface area contributed by atoms with Gasteiger partial charge in [-0.2, -0.15) is 5.26 Å². The van der Waals surface area contributed by atoms with E-state index in [1.807, 2.05) is 50.2 Å². The van der Waals surface area contributed by atoms with Crippen molar-refractivity contribution in [2.24, 2.45) is 5.92 Å². The lowest BCUT2D eigenvalue weighted by Gasteiger charge is -2.21. The first-order valence-corrected chi connectivity index (χ1v) is 9.05. The number of amides is 1. The van der Waals surface area contributed by atoms with Crippen molar-refractivity contribution >= 4 is 29.2 Å². The fourth-order valence-corrected chi connectivity index (χ4v) is 2.90. The third kappa shape index (κ3) is 5.57. The van der Waals surface area contributed by atoms with E-state index in [9.17, 15) is 9.59 Å². The molecule has 0 unspecified atom stereocenters. The third-order valence-electron chi connectivity index (χ3n) is 4.35. The molecular weight excluding hydrogens is 364 g/mol. The smallest absolute Gasteiger partial charge is 0.314 e. The van der Waals surface area contributed by atoms with Crippen molar-refractivity contribution in [2.75, 3.05) is 11.9 Å². The number of nitriles is 1. The van der Waals surface area contributed by atoms with E-state index >= 15 is 0 Å². The second-order valence-corrected chi connectivity index (χ2v) is 6.67. The minimum Gasteiger partial charge on any atom is -0.455 e. The molecule has 1 N–H and O–H groups in total. The maximum absolute atomic E-state index is 12.6. The Hall–Kier alpha value is -2.84. The van der Waals surface area contributed by atoms with Crippen LogP contribution in [0.5, 0.6) is 0 Å². The Morgan fingerprint density at radius 2 is 1.93 bits per heavy atom. The first-order valence-electron chi connectivity index (χ1n) is 8.67. The molecule has 2 rings (SSSR count). The standard InChI is InChI=1S/C21H21ClN2O3/c1-3-14(2)20(15-7-5-4-6-8-15)21(26)27-13-19(25)24-18-11-17(22)10-9-16(18)12-23/h4-11,14,20H,3,13H2,1-2H3,(H,24,25)/t14-,20-/m1/s1. The van der Waals surface area contributed by atoms with E-state index in [2.05, 4.69) is 5.32 Å². The molecular formula is C21H21ClN2O3. The van der Waals surface area contributed by atoms with Crippen molar-refractivity contribution < 1.29 is 14.3 Å². The molecule has 2 aromatic rings. The van der Waals surface area contributed by atoms with Crippen molar-refractivity contribution in [3.05, 3.63) is 64.7 Å². The fraction of sp³-hybridized carbons (Fsp3) is 0.286. The Labute approximate surface area is 163 Å². The summed E-state index contributed by atoms with van der Waals surface area (Å²) in [5.41, 5.74) is 1.42. The molecule has 0 saturated carbocycles. The van der Waals surface area contributed by atoms with E-state index in [1.54, 1.807) is 6.07 Å². The number of anilines is 1. The van der Waals surface area contributed by atoms with Crippen LogP contribution in [0.1, 0.15) is 37.3 Å². The number of rotatable bonds is 7. The number of hydrogen-bond donors (Lipinski definition) is 1. The van der Waals surface area contributed by atoms with Crippen LogP contribution < -0.4 is 5.32 Å². The van der Waals surface area contributed by atoms with Crippen LogP contribution in [-0.2, 0) is 14.3 Å². The van der Waals surface area contributed by atoms with Gasteiger partial charge < -0.3 is 10.1 Å². The summed E-state index contributed by atoms with van der Waals surface area (Å²) in [6, 6.07) is 15.9. The molecule has 0 fully saturated rings. The molecule has 0 saturated heterocycles. The van der Waals surface area contributed by atoms with Gasteiger partial charge in [0.2, 0.25) is 0 Å². The van der Waals surface area contributed by atoms with Crippen LogP contribution in [0.4, 0.5) is 5.69 Å². The zero-order chi connectivity index (χ0) is 19.8. The van der Waals surface area contributed by atoms with Gasteiger partial charge in [0.05, 0.1) is 17.2 Å². The Kier molecular flexibility index (Phi) is 7.39. The summed E-state index contributed by atoms with van der Waals surface area (Å²) in [5, 5.41) is 12.0. The topological polar surface area (TPSA) is 79.2 Å². The number of nitrogens with zero attached hydrogens (tertiary/aromatic N) is 1. The van der Waals surface area contributed by atoms with Crippen molar-refractivity contribution in [3.8, 4) is 6.07 Å². The largest absolute Gasteiger partial charge is 0.455 e. The molecule has 0 radical (unpaired) electrons. The van der Waals surface area contributed by atoms with E-state index in [-0.39, 0.29) is 17.2 Å². The minimum atomic E-state index is -0.530. The number of ether oxygens (including phenoxy) is 1. The highest BCUT2D eigenvalue weighted by Crippen LogP contribution is 2.28. The highest BCUT2D eigenvalue weighted by molar-refractivity contribution is 6.31. The Bertz CT molecular complexity index is 846. The average Bonchev–Trinajstić information content (AvgIpc) is 2.67. The molecule has 0 aromatic heterocycles. The van der Waals surface area contributed by atoms with E-state index in [0.717, 1.165) is 12.0 Å². The van der Waals surface area contributed by atoms with Gasteiger partial charge in [-0.25, -0.2) is 0 Å². The summed E-state index contributed by atoms with van der Waals surface area (Å²) in [4.78, 5) is 24.8. The molecule has 0 aliphatic carbocycles. The Balaban J connectivity index is 2.04. The van der Waals surface area contributed by atoms with Crippen molar-refractivity contribution in [1.82, 2.24) is 0 Å². The van der Waals surface area contributed by atoms with Gasteiger partial charge in [-0.05, 0) is 29.7 Å². The van der Waals surface area contributed by atoms with Gasteiger partial charge in [0.1, 0.15) is 6.07 Å². The van der Waals surface area contributed by atoms with E-state index in [0.29, 0.717) is 5.02 Å². The van der Waals surface area contributed by atoms with E-state index < -0.39 is 24.4 Å². The van der Waals surface area contributed by atoms with Gasteiger partial charge in [-0.1, -0.05) is 62.2 Å². The molecule has 5 nitrogen and oxygen atoms in total. The summed E-state index contributed by atoms with van der Waals surface area (Å²) in [6.45, 7) is 3.54. The first-order chi connectivity index (χ1) is 13.0. The summed E-state index contributed by atoms with van der Waals surface area (Å²) in [5.74, 6) is -1.35. The number of nitrogens with one attached hydrogen (secondary N) is 1. The van der Waals surface area contributed by atoms with Crippen molar-refractivity contribution in [3.63, 3.8) is 0 Å². The predicted molar refractivity (Wildman–Crippen MR) is 104 cm³/mol. The minimum absolute atomic E-state index is 0.0704. The lowest BCUT2D eigenvalue weighted by Crippen LogP contribution is -2.27. The Morgan fingerprint density at radius 3 is 2.56 bits per heavy atom. The quantitative estimate of drug-likeness (QED) is 0.711. The lowest BCUT2D eigenvalue weighted by atomic mass is 9.86. The second kappa shape index (κ2) is 9.75. The molecule has 0 aliphatic rings. The number of benzene rings is 2. The molecule has 1 amide bonds. The number of halogens is 1. The summed E-state index contributed by atoms with van der Waals surface area (Å²) < 4.78 is 5.25. The number of carbonyl (C=O) groups excluding carboxylic acids is 2. The molecule has 6 heteroatoms. The third-order valence-corrected chi connectivity index (χ3v) is 4.58. The summed E-state index contributed by atoms with van der Waals surface area (Å²) in [6.07, 6.45) is 0.800. The zero-order valence-electron chi connectivity index (χ0n) is 15.2. The van der Waals surface area contributed by atoms with E-state index in [1.165, 1.54) is 12.1 Å². The molecule has 27 heavy (non-hydrogen) atoms. The Morgan fingerprint density at radius 1 is 1.22 bits per heavy atom. The fourth-order valence-electron chi connectivity index (χ4n) is 2.72.